The Morgan fingerprint density at radius 3 is 2.42 bits per heavy atom. The van der Waals surface area contributed by atoms with Crippen molar-refractivity contribution < 1.29 is 10.2 Å². The number of aliphatic hydroxyl groups is 2. The van der Waals surface area contributed by atoms with E-state index in [1.165, 1.54) is 0 Å². The molecule has 0 aromatic carbocycles. The minimum Gasteiger partial charge on any atom is -0.396 e. The van der Waals surface area contributed by atoms with Gasteiger partial charge in [-0.25, -0.2) is 0 Å². The predicted molar refractivity (Wildman–Crippen MR) is 50.9 cm³/mol. The second-order valence-electron chi connectivity index (χ2n) is 3.50. The zero-order valence-electron chi connectivity index (χ0n) is 8.04. The van der Waals surface area contributed by atoms with E-state index in [2.05, 4.69) is 0 Å². The minimum absolute atomic E-state index is 0.179. The molecule has 2 heteroatoms. The summed E-state index contributed by atoms with van der Waals surface area (Å²) >= 11 is 0. The van der Waals surface area contributed by atoms with Crippen LogP contribution in [0.4, 0.5) is 0 Å². The molecule has 0 amide bonds. The zero-order valence-corrected chi connectivity index (χ0v) is 8.04. The van der Waals surface area contributed by atoms with Crippen molar-refractivity contribution in [2.45, 2.75) is 32.8 Å². The molecule has 0 fully saturated rings. The Balaban J connectivity index is 3.94. The molecule has 0 saturated carbocycles. The third-order valence-corrected chi connectivity index (χ3v) is 1.39. The van der Waals surface area contributed by atoms with Crippen LogP contribution in [0.3, 0.4) is 0 Å². The van der Waals surface area contributed by atoms with Crippen LogP contribution in [0.5, 0.6) is 0 Å². The lowest BCUT2D eigenvalue weighted by Crippen LogP contribution is -2.13. The van der Waals surface area contributed by atoms with E-state index < -0.39 is 5.60 Å². The van der Waals surface area contributed by atoms with Gasteiger partial charge in [-0.2, -0.15) is 0 Å². The quantitative estimate of drug-likeness (QED) is 0.630. The zero-order chi connectivity index (χ0) is 9.61. The summed E-state index contributed by atoms with van der Waals surface area (Å²) < 4.78 is 0. The summed E-state index contributed by atoms with van der Waals surface area (Å²) in [5, 5.41) is 17.9. The van der Waals surface area contributed by atoms with Crippen molar-refractivity contribution in [2.24, 2.45) is 0 Å². The Kier molecular flexibility index (Phi) is 4.86. The summed E-state index contributed by atoms with van der Waals surface area (Å²) in [5.41, 5.74) is 0.355. The van der Waals surface area contributed by atoms with E-state index >= 15 is 0 Å². The van der Waals surface area contributed by atoms with Crippen LogP contribution in [0, 0.1) is 0 Å². The monoisotopic (exact) mass is 170 g/mol. The molecule has 0 aliphatic heterocycles. The lowest BCUT2D eigenvalue weighted by atomic mass is 10.1. The normalized spacial score (nSPS) is 14.2. The number of rotatable bonds is 4. The van der Waals surface area contributed by atoms with Crippen molar-refractivity contribution >= 4 is 0 Å². The highest BCUT2D eigenvalue weighted by Gasteiger charge is 2.04. The van der Waals surface area contributed by atoms with E-state index in [0.29, 0.717) is 6.42 Å². The van der Waals surface area contributed by atoms with Gasteiger partial charge >= 0.3 is 0 Å². The average molecular weight is 170 g/mol. The summed E-state index contributed by atoms with van der Waals surface area (Å²) in [6.07, 6.45) is 6.11. The van der Waals surface area contributed by atoms with E-state index in [4.69, 9.17) is 5.11 Å². The van der Waals surface area contributed by atoms with E-state index in [1.807, 2.05) is 19.1 Å². The fourth-order valence-corrected chi connectivity index (χ4v) is 0.708. The fraction of sp³-hybridized carbons (Fsp3) is 0.600. The number of hydrogen-bond acceptors (Lipinski definition) is 2. The van der Waals surface area contributed by atoms with Crippen molar-refractivity contribution in [2.75, 3.05) is 6.61 Å². The Hall–Kier alpha value is -0.600. The van der Waals surface area contributed by atoms with E-state index in [0.717, 1.165) is 5.57 Å². The first-order valence-electron chi connectivity index (χ1n) is 4.14. The fourth-order valence-electron chi connectivity index (χ4n) is 0.708. The van der Waals surface area contributed by atoms with Crippen LogP contribution in [-0.2, 0) is 0 Å². The highest BCUT2D eigenvalue weighted by atomic mass is 16.3. The molecule has 0 bridgehead atoms. The highest BCUT2D eigenvalue weighted by Crippen LogP contribution is 2.04. The highest BCUT2D eigenvalue weighted by molar-refractivity contribution is 5.13. The van der Waals surface area contributed by atoms with Gasteiger partial charge in [-0.05, 0) is 27.2 Å². The van der Waals surface area contributed by atoms with Gasteiger partial charge in [0, 0.05) is 6.61 Å². The summed E-state index contributed by atoms with van der Waals surface area (Å²) in [6.45, 7) is 5.57. The minimum atomic E-state index is -0.754. The summed E-state index contributed by atoms with van der Waals surface area (Å²) in [6, 6.07) is 0. The molecule has 0 rings (SSSR count). The van der Waals surface area contributed by atoms with Gasteiger partial charge in [0.2, 0.25) is 0 Å². The molecular weight excluding hydrogens is 152 g/mol. The SMILES string of the molecule is CC(=CC=CC(C)(C)O)CCO. The van der Waals surface area contributed by atoms with Gasteiger partial charge in [-0.3, -0.25) is 0 Å². The van der Waals surface area contributed by atoms with Crippen molar-refractivity contribution in [3.8, 4) is 0 Å². The topological polar surface area (TPSA) is 40.5 Å². The van der Waals surface area contributed by atoms with Gasteiger partial charge in [0.05, 0.1) is 5.60 Å². The molecule has 0 spiro atoms. The second kappa shape index (κ2) is 5.12. The molecule has 0 aliphatic carbocycles. The molecule has 0 aromatic heterocycles. The van der Waals surface area contributed by atoms with Crippen molar-refractivity contribution in [3.05, 3.63) is 23.8 Å². The number of allylic oxidation sites excluding steroid dienone is 2. The number of hydrogen-bond donors (Lipinski definition) is 2. The van der Waals surface area contributed by atoms with E-state index in [9.17, 15) is 5.11 Å². The largest absolute Gasteiger partial charge is 0.396 e. The predicted octanol–water partition coefficient (Wildman–Crippen LogP) is 1.64. The molecule has 0 aromatic rings. The Bertz CT molecular complexity index is 173. The van der Waals surface area contributed by atoms with Crippen LogP contribution < -0.4 is 0 Å². The lowest BCUT2D eigenvalue weighted by Gasteiger charge is -2.09. The summed E-state index contributed by atoms with van der Waals surface area (Å²) in [7, 11) is 0. The molecule has 2 nitrogen and oxygen atoms in total. The standard InChI is InChI=1S/C10H18O2/c1-9(6-8-11)5-4-7-10(2,3)12/h4-5,7,11-12H,6,8H2,1-3H3. The van der Waals surface area contributed by atoms with Crippen molar-refractivity contribution in [3.63, 3.8) is 0 Å². The van der Waals surface area contributed by atoms with Gasteiger partial charge in [0.1, 0.15) is 0 Å². The third-order valence-electron chi connectivity index (χ3n) is 1.39. The Morgan fingerprint density at radius 2 is 2.00 bits per heavy atom. The van der Waals surface area contributed by atoms with E-state index in [1.54, 1.807) is 19.9 Å². The molecule has 0 saturated heterocycles. The first-order valence-corrected chi connectivity index (χ1v) is 4.14. The first-order chi connectivity index (χ1) is 5.45. The first kappa shape index (κ1) is 11.4. The lowest BCUT2D eigenvalue weighted by molar-refractivity contribution is 0.133. The van der Waals surface area contributed by atoms with Gasteiger partial charge in [0.25, 0.3) is 0 Å². The molecule has 70 valence electrons. The molecular formula is C10H18O2. The van der Waals surface area contributed by atoms with Crippen molar-refractivity contribution in [1.82, 2.24) is 0 Å². The third kappa shape index (κ3) is 7.51. The Labute approximate surface area is 74.2 Å². The summed E-state index contributed by atoms with van der Waals surface area (Å²) in [5.74, 6) is 0. The maximum Gasteiger partial charge on any atom is 0.0774 e. The van der Waals surface area contributed by atoms with Crippen LogP contribution in [0.25, 0.3) is 0 Å². The van der Waals surface area contributed by atoms with Gasteiger partial charge < -0.3 is 10.2 Å². The molecule has 0 unspecified atom stereocenters. The molecule has 0 radical (unpaired) electrons. The second-order valence-corrected chi connectivity index (χ2v) is 3.50. The maximum atomic E-state index is 9.29. The van der Waals surface area contributed by atoms with Gasteiger partial charge in [-0.1, -0.05) is 23.8 Å². The molecule has 0 heterocycles. The van der Waals surface area contributed by atoms with E-state index in [-0.39, 0.29) is 6.61 Å². The van der Waals surface area contributed by atoms with Gasteiger partial charge in [0.15, 0.2) is 0 Å². The summed E-state index contributed by atoms with van der Waals surface area (Å²) in [4.78, 5) is 0. The van der Waals surface area contributed by atoms with Crippen LogP contribution >= 0.6 is 0 Å². The van der Waals surface area contributed by atoms with Crippen LogP contribution in [0.15, 0.2) is 23.8 Å². The smallest absolute Gasteiger partial charge is 0.0774 e. The molecule has 0 atom stereocenters. The van der Waals surface area contributed by atoms with Crippen LogP contribution in [0.1, 0.15) is 27.2 Å². The maximum absolute atomic E-state index is 9.29. The average Bonchev–Trinajstić information content (AvgIpc) is 1.84. The number of aliphatic hydroxyl groups excluding tert-OH is 1. The molecule has 12 heavy (non-hydrogen) atoms. The van der Waals surface area contributed by atoms with Crippen LogP contribution in [0.2, 0.25) is 0 Å². The molecule has 2 N–H and O–H groups in total. The molecule has 0 aliphatic rings. The van der Waals surface area contributed by atoms with Gasteiger partial charge in [-0.15, -0.1) is 0 Å². The Morgan fingerprint density at radius 1 is 1.42 bits per heavy atom. The van der Waals surface area contributed by atoms with Crippen LogP contribution in [-0.4, -0.2) is 22.4 Å². The van der Waals surface area contributed by atoms with Crippen molar-refractivity contribution in [1.29, 1.82) is 0 Å².